The van der Waals surface area contributed by atoms with Crippen LogP contribution in [0.1, 0.15) is 23.7 Å². The summed E-state index contributed by atoms with van der Waals surface area (Å²) in [6, 6.07) is 2.83. The molecule has 12 heteroatoms. The molecule has 9 nitrogen and oxygen atoms in total. The highest BCUT2D eigenvalue weighted by molar-refractivity contribution is 7.91. The lowest BCUT2D eigenvalue weighted by Crippen LogP contribution is -2.20. The first-order chi connectivity index (χ1) is 14.2. The number of carbonyl (C=O) groups is 2. The quantitative estimate of drug-likeness (QED) is 0.389. The van der Waals surface area contributed by atoms with Crippen molar-refractivity contribution in [3.63, 3.8) is 0 Å². The number of halogens is 2. The molecular formula is C18H18Cl2N4O5S. The zero-order valence-corrected chi connectivity index (χ0v) is 18.2. The van der Waals surface area contributed by atoms with E-state index < -0.39 is 28.3 Å². The summed E-state index contributed by atoms with van der Waals surface area (Å²) in [6.45, 7) is 1.18. The molecule has 0 aromatic carbocycles. The number of rotatable bonds is 6. The van der Waals surface area contributed by atoms with Gasteiger partial charge in [0, 0.05) is 17.8 Å². The minimum atomic E-state index is -3.09. The summed E-state index contributed by atoms with van der Waals surface area (Å²) in [4.78, 5) is 27.6. The Labute approximate surface area is 182 Å². The second-order valence-electron chi connectivity index (χ2n) is 6.62. The molecule has 30 heavy (non-hydrogen) atoms. The molecule has 1 atom stereocenters. The van der Waals surface area contributed by atoms with Gasteiger partial charge in [0.25, 0.3) is 5.91 Å². The molecule has 0 saturated carbocycles. The maximum Gasteiger partial charge on any atom is 0.331 e. The molecule has 3 heterocycles. The lowest BCUT2D eigenvalue weighted by atomic mass is 10.2. The Morgan fingerprint density at radius 3 is 2.83 bits per heavy atom. The third-order valence-electron chi connectivity index (χ3n) is 4.39. The van der Waals surface area contributed by atoms with E-state index in [1.807, 2.05) is 0 Å². The van der Waals surface area contributed by atoms with Gasteiger partial charge in [-0.2, -0.15) is 5.10 Å². The van der Waals surface area contributed by atoms with Gasteiger partial charge in [-0.05, 0) is 31.6 Å². The van der Waals surface area contributed by atoms with E-state index in [-0.39, 0.29) is 27.9 Å². The lowest BCUT2D eigenvalue weighted by Gasteiger charge is -2.09. The fraction of sp³-hybridized carbons (Fsp3) is 0.333. The Morgan fingerprint density at radius 2 is 2.17 bits per heavy atom. The van der Waals surface area contributed by atoms with E-state index >= 15 is 0 Å². The van der Waals surface area contributed by atoms with Crippen molar-refractivity contribution >= 4 is 56.7 Å². The number of aryl methyl sites for hydroxylation is 1. The van der Waals surface area contributed by atoms with Crippen LogP contribution < -0.4 is 5.32 Å². The van der Waals surface area contributed by atoms with Crippen molar-refractivity contribution in [1.82, 2.24) is 14.8 Å². The van der Waals surface area contributed by atoms with E-state index in [0.717, 1.165) is 6.08 Å². The number of aromatic nitrogens is 3. The van der Waals surface area contributed by atoms with Crippen molar-refractivity contribution in [2.24, 2.45) is 0 Å². The van der Waals surface area contributed by atoms with Crippen LogP contribution in [0.5, 0.6) is 0 Å². The van der Waals surface area contributed by atoms with Crippen LogP contribution in [-0.4, -0.2) is 53.2 Å². The van der Waals surface area contributed by atoms with Crippen molar-refractivity contribution in [2.75, 3.05) is 23.4 Å². The van der Waals surface area contributed by atoms with Crippen LogP contribution in [0.25, 0.3) is 6.08 Å². The maximum atomic E-state index is 11.9. The zero-order chi connectivity index (χ0) is 21.9. The monoisotopic (exact) mass is 472 g/mol. The largest absolute Gasteiger partial charge is 0.452 e. The molecule has 1 fully saturated rings. The number of hydrogen-bond donors (Lipinski definition) is 1. The third-order valence-corrected chi connectivity index (χ3v) is 6.82. The molecule has 3 rings (SSSR count). The smallest absolute Gasteiger partial charge is 0.331 e. The Balaban J connectivity index is 1.58. The average Bonchev–Trinajstić information content (AvgIpc) is 3.18. The summed E-state index contributed by atoms with van der Waals surface area (Å²) in [5, 5.41) is 7.14. The van der Waals surface area contributed by atoms with Crippen molar-refractivity contribution in [3.8, 4) is 0 Å². The normalized spacial score (nSPS) is 17.9. The van der Waals surface area contributed by atoms with E-state index in [0.29, 0.717) is 23.4 Å². The number of esters is 1. The van der Waals surface area contributed by atoms with Crippen molar-refractivity contribution in [1.29, 1.82) is 0 Å². The fourth-order valence-electron chi connectivity index (χ4n) is 2.93. The summed E-state index contributed by atoms with van der Waals surface area (Å²) in [6.07, 6.45) is 4.45. The Bertz CT molecular complexity index is 1110. The number of pyridine rings is 1. The number of nitrogens with zero attached hydrogens (tertiary/aromatic N) is 3. The minimum absolute atomic E-state index is 0.0188. The summed E-state index contributed by atoms with van der Waals surface area (Å²) < 4.78 is 29.8. The second-order valence-corrected chi connectivity index (χ2v) is 9.57. The van der Waals surface area contributed by atoms with Crippen molar-refractivity contribution in [2.45, 2.75) is 19.4 Å². The molecule has 1 aliphatic rings. The second kappa shape index (κ2) is 9.15. The van der Waals surface area contributed by atoms with Gasteiger partial charge in [-0.1, -0.05) is 23.2 Å². The first-order valence-electron chi connectivity index (χ1n) is 8.86. The predicted octanol–water partition coefficient (Wildman–Crippen LogP) is 2.45. The van der Waals surface area contributed by atoms with Gasteiger partial charge in [-0.3, -0.25) is 4.79 Å². The SMILES string of the molecule is Cc1nn(C2CCS(=O)(=O)C2)c(Cl)c1/C=C/C(=O)OCC(=O)Nc1cccnc1Cl. The number of hydrogen-bond acceptors (Lipinski definition) is 7. The van der Waals surface area contributed by atoms with E-state index in [9.17, 15) is 18.0 Å². The molecule has 2 aromatic heterocycles. The zero-order valence-electron chi connectivity index (χ0n) is 15.8. The van der Waals surface area contributed by atoms with Gasteiger partial charge < -0.3 is 10.1 Å². The van der Waals surface area contributed by atoms with E-state index in [4.69, 9.17) is 27.9 Å². The molecule has 160 valence electrons. The molecule has 1 aliphatic heterocycles. The number of carbonyl (C=O) groups excluding carboxylic acids is 2. The average molecular weight is 473 g/mol. The predicted molar refractivity (Wildman–Crippen MR) is 112 cm³/mol. The van der Waals surface area contributed by atoms with Crippen LogP contribution in [0.15, 0.2) is 24.4 Å². The van der Waals surface area contributed by atoms with Gasteiger partial charge in [0.05, 0.1) is 28.9 Å². The van der Waals surface area contributed by atoms with Crippen LogP contribution in [-0.2, 0) is 24.2 Å². The molecule has 0 spiro atoms. The van der Waals surface area contributed by atoms with Gasteiger partial charge in [-0.15, -0.1) is 0 Å². The standard InChI is InChI=1S/C18H18Cl2N4O5S/c1-11-13(18(20)24(23-11)12-6-8-30(27,28)10-12)4-5-16(26)29-9-15(25)22-14-3-2-7-21-17(14)19/h2-5,7,12H,6,8-10H2,1H3,(H,22,25)/b5-4+. The molecule has 2 aromatic rings. The topological polar surface area (TPSA) is 120 Å². The van der Waals surface area contributed by atoms with E-state index in [1.165, 1.54) is 17.0 Å². The molecule has 1 saturated heterocycles. The van der Waals surface area contributed by atoms with Crippen LogP contribution in [0.3, 0.4) is 0 Å². The summed E-state index contributed by atoms with van der Waals surface area (Å²) in [5.41, 5.74) is 1.32. The van der Waals surface area contributed by atoms with E-state index in [1.54, 1.807) is 19.1 Å². The summed E-state index contributed by atoms with van der Waals surface area (Å²) >= 11 is 12.2. The Kier molecular flexibility index (Phi) is 6.79. The highest BCUT2D eigenvalue weighted by atomic mass is 35.5. The number of amides is 1. The molecule has 1 unspecified atom stereocenters. The highest BCUT2D eigenvalue weighted by Crippen LogP contribution is 2.30. The third kappa shape index (κ3) is 5.38. The lowest BCUT2D eigenvalue weighted by molar-refractivity contribution is -0.142. The van der Waals surface area contributed by atoms with Gasteiger partial charge in [-0.25, -0.2) is 22.9 Å². The van der Waals surface area contributed by atoms with Crippen LogP contribution in [0.4, 0.5) is 5.69 Å². The first-order valence-corrected chi connectivity index (χ1v) is 11.4. The van der Waals surface area contributed by atoms with Crippen molar-refractivity contribution in [3.05, 3.63) is 46.0 Å². The number of sulfone groups is 1. The number of nitrogens with one attached hydrogen (secondary N) is 1. The van der Waals surface area contributed by atoms with Gasteiger partial charge in [0.2, 0.25) is 0 Å². The van der Waals surface area contributed by atoms with Crippen LogP contribution in [0.2, 0.25) is 10.3 Å². The number of anilines is 1. The Hall–Kier alpha value is -2.43. The van der Waals surface area contributed by atoms with Crippen LogP contribution in [0, 0.1) is 6.92 Å². The molecule has 1 amide bonds. The molecular weight excluding hydrogens is 455 g/mol. The highest BCUT2D eigenvalue weighted by Gasteiger charge is 2.31. The molecule has 0 radical (unpaired) electrons. The number of ether oxygens (including phenoxy) is 1. The molecule has 1 N–H and O–H groups in total. The van der Waals surface area contributed by atoms with Crippen molar-refractivity contribution < 1.29 is 22.7 Å². The fourth-order valence-corrected chi connectivity index (χ4v) is 5.17. The first kappa shape index (κ1) is 22.3. The molecule has 0 aliphatic carbocycles. The Morgan fingerprint density at radius 1 is 1.40 bits per heavy atom. The van der Waals surface area contributed by atoms with Gasteiger partial charge in [0.1, 0.15) is 5.15 Å². The van der Waals surface area contributed by atoms with Gasteiger partial charge >= 0.3 is 5.97 Å². The van der Waals surface area contributed by atoms with Gasteiger partial charge in [0.15, 0.2) is 21.6 Å². The maximum absolute atomic E-state index is 11.9. The van der Waals surface area contributed by atoms with Crippen LogP contribution >= 0.6 is 23.2 Å². The summed E-state index contributed by atoms with van der Waals surface area (Å²) in [7, 11) is -3.09. The minimum Gasteiger partial charge on any atom is -0.452 e. The summed E-state index contributed by atoms with van der Waals surface area (Å²) in [5.74, 6) is -1.25. The molecule has 0 bridgehead atoms. The van der Waals surface area contributed by atoms with E-state index in [2.05, 4.69) is 15.4 Å².